The van der Waals surface area contributed by atoms with Crippen LogP contribution in [-0.2, 0) is 4.74 Å². The molecule has 1 amide bonds. The highest BCUT2D eigenvalue weighted by molar-refractivity contribution is 14.1. The van der Waals surface area contributed by atoms with E-state index in [1.54, 1.807) is 29.7 Å². The molecule has 0 fully saturated rings. The molecule has 9 heavy (non-hydrogen) atoms. The summed E-state index contributed by atoms with van der Waals surface area (Å²) < 4.78 is 4.74. The Bertz CT molecular complexity index is 97.0. The van der Waals surface area contributed by atoms with E-state index >= 15 is 0 Å². The average Bonchev–Trinajstić information content (AvgIpc) is 1.63. The normalized spacial score (nSPS) is 12.8. The zero-order valence-corrected chi connectivity index (χ0v) is 7.64. The van der Waals surface area contributed by atoms with Gasteiger partial charge < -0.3 is 10.1 Å². The van der Waals surface area contributed by atoms with Crippen LogP contribution in [0.4, 0.5) is 4.79 Å². The number of halogens is 1. The summed E-state index contributed by atoms with van der Waals surface area (Å²) in [6.45, 7) is 2.45. The molecule has 1 N–H and O–H groups in total. The molecule has 0 rings (SSSR count). The average molecular weight is 243 g/mol. The summed E-state index contributed by atoms with van der Waals surface area (Å²) in [6, 6.07) is 0.111. The van der Waals surface area contributed by atoms with Crippen molar-refractivity contribution in [3.05, 3.63) is 0 Å². The van der Waals surface area contributed by atoms with Gasteiger partial charge in [-0.1, -0.05) is 0 Å². The van der Waals surface area contributed by atoms with E-state index in [1.807, 2.05) is 6.92 Å². The first kappa shape index (κ1) is 9.16. The molecule has 0 bridgehead atoms. The molecular weight excluding hydrogens is 233 g/mol. The zero-order valence-electron chi connectivity index (χ0n) is 5.48. The number of nitrogens with one attached hydrogen (secondary N) is 1. The fourth-order valence-corrected chi connectivity index (χ4v) is 1.02. The first-order valence-corrected chi connectivity index (χ1v) is 3.69. The van der Waals surface area contributed by atoms with Gasteiger partial charge in [-0.05, 0) is 6.92 Å². The highest BCUT2D eigenvalue weighted by Gasteiger charge is 2.01. The molecule has 0 aliphatic carbocycles. The molecule has 0 heterocycles. The Morgan fingerprint density at radius 3 is 2.78 bits per heavy atom. The third-order valence-corrected chi connectivity index (χ3v) is 1.09. The van der Waals surface area contributed by atoms with E-state index < -0.39 is 0 Å². The molecule has 0 spiro atoms. The van der Waals surface area contributed by atoms with Crippen LogP contribution < -0.4 is 5.32 Å². The van der Waals surface area contributed by atoms with Gasteiger partial charge in [-0.15, -0.1) is 0 Å². The molecule has 0 radical (unpaired) electrons. The quantitative estimate of drug-likeness (QED) is 0.459. The lowest BCUT2D eigenvalue weighted by Gasteiger charge is -2.08. The summed E-state index contributed by atoms with van der Waals surface area (Å²) in [5.41, 5.74) is 0. The van der Waals surface area contributed by atoms with Gasteiger partial charge >= 0.3 is 0 Å². The second-order valence-corrected chi connectivity index (χ2v) is 2.75. The van der Waals surface area contributed by atoms with Crippen LogP contribution in [0.5, 0.6) is 0 Å². The van der Waals surface area contributed by atoms with Crippen LogP contribution in [0.1, 0.15) is 6.92 Å². The van der Waals surface area contributed by atoms with Gasteiger partial charge in [0.1, 0.15) is 0 Å². The molecule has 4 heteroatoms. The van der Waals surface area contributed by atoms with E-state index in [2.05, 4.69) is 5.32 Å². The lowest BCUT2D eigenvalue weighted by atomic mass is 10.4. The lowest BCUT2D eigenvalue weighted by Crippen LogP contribution is -2.31. The number of methoxy groups -OCH3 is 1. The van der Waals surface area contributed by atoms with Crippen LogP contribution >= 0.6 is 22.6 Å². The first-order chi connectivity index (χ1) is 4.16. The Labute approximate surface area is 68.3 Å². The predicted molar refractivity (Wildman–Crippen MR) is 43.9 cm³/mol. The van der Waals surface area contributed by atoms with Crippen LogP contribution in [0.25, 0.3) is 0 Å². The maximum atomic E-state index is 10.3. The number of carbonyl (C=O) groups is 1. The molecule has 0 saturated carbocycles. The minimum atomic E-state index is -0.0443. The zero-order chi connectivity index (χ0) is 7.28. The fraction of sp³-hybridized carbons (Fsp3) is 0.800. The van der Waals surface area contributed by atoms with Crippen molar-refractivity contribution in [3.8, 4) is 0 Å². The Morgan fingerprint density at radius 1 is 1.89 bits per heavy atom. The van der Waals surface area contributed by atoms with Gasteiger partial charge in [0.25, 0.3) is 3.91 Å². The Morgan fingerprint density at radius 2 is 2.44 bits per heavy atom. The number of rotatable bonds is 3. The summed E-state index contributed by atoms with van der Waals surface area (Å²) in [5.74, 6) is 0. The molecule has 1 unspecified atom stereocenters. The maximum Gasteiger partial charge on any atom is 0.280 e. The smallest absolute Gasteiger partial charge is 0.280 e. The molecule has 0 saturated heterocycles. The van der Waals surface area contributed by atoms with E-state index in [0.29, 0.717) is 6.61 Å². The molecule has 0 aromatic heterocycles. The standard InChI is InChI=1S/C5H10INO2/c1-4(3-9-2)7-5(6)8/h4H,3H2,1-2H3,(H,7,8). The summed E-state index contributed by atoms with van der Waals surface area (Å²) in [5, 5.41) is 2.67. The largest absolute Gasteiger partial charge is 0.383 e. The van der Waals surface area contributed by atoms with Gasteiger partial charge in [0.05, 0.1) is 12.6 Å². The highest BCUT2D eigenvalue weighted by atomic mass is 127. The topological polar surface area (TPSA) is 38.3 Å². The van der Waals surface area contributed by atoms with Gasteiger partial charge in [-0.3, -0.25) is 4.79 Å². The van der Waals surface area contributed by atoms with Crippen LogP contribution in [0.15, 0.2) is 0 Å². The predicted octanol–water partition coefficient (Wildman–Crippen LogP) is 1.17. The number of carbonyl (C=O) groups excluding carboxylic acids is 1. The maximum absolute atomic E-state index is 10.3. The minimum absolute atomic E-state index is 0.0443. The van der Waals surface area contributed by atoms with E-state index in [-0.39, 0.29) is 9.96 Å². The molecule has 1 atom stereocenters. The third kappa shape index (κ3) is 6.04. The van der Waals surface area contributed by atoms with Crippen LogP contribution in [-0.4, -0.2) is 23.7 Å². The summed E-state index contributed by atoms with van der Waals surface area (Å²) >= 11 is 1.69. The second-order valence-electron chi connectivity index (χ2n) is 1.77. The van der Waals surface area contributed by atoms with Crippen molar-refractivity contribution in [3.63, 3.8) is 0 Å². The number of hydrogen-bond acceptors (Lipinski definition) is 2. The van der Waals surface area contributed by atoms with Gasteiger partial charge in [-0.2, -0.15) is 0 Å². The third-order valence-electron chi connectivity index (χ3n) is 0.777. The van der Waals surface area contributed by atoms with Crippen molar-refractivity contribution in [1.29, 1.82) is 0 Å². The second kappa shape index (κ2) is 4.99. The molecule has 0 aromatic carbocycles. The van der Waals surface area contributed by atoms with Crippen LogP contribution in [0, 0.1) is 0 Å². The summed E-state index contributed by atoms with van der Waals surface area (Å²) in [7, 11) is 1.61. The molecule has 54 valence electrons. The van der Waals surface area contributed by atoms with Crippen LogP contribution in [0.3, 0.4) is 0 Å². The van der Waals surface area contributed by atoms with Crippen molar-refractivity contribution in [2.24, 2.45) is 0 Å². The molecule has 3 nitrogen and oxygen atoms in total. The Balaban J connectivity index is 3.26. The molecule has 0 aliphatic heterocycles. The Kier molecular flexibility index (Phi) is 5.07. The summed E-state index contributed by atoms with van der Waals surface area (Å²) in [6.07, 6.45) is 0. The Hall–Kier alpha value is 0.160. The van der Waals surface area contributed by atoms with Crippen molar-refractivity contribution >= 4 is 26.5 Å². The number of amides is 1. The molecular formula is C5H10INO2. The number of hydrogen-bond donors (Lipinski definition) is 1. The van der Waals surface area contributed by atoms with Crippen molar-refractivity contribution < 1.29 is 9.53 Å². The number of ether oxygens (including phenoxy) is 1. The van der Waals surface area contributed by atoms with Crippen LogP contribution in [0.2, 0.25) is 0 Å². The molecule has 0 aliphatic rings. The minimum Gasteiger partial charge on any atom is -0.383 e. The van der Waals surface area contributed by atoms with Crippen molar-refractivity contribution in [2.75, 3.05) is 13.7 Å². The first-order valence-electron chi connectivity index (χ1n) is 2.61. The van der Waals surface area contributed by atoms with Gasteiger partial charge in [0, 0.05) is 29.7 Å². The van der Waals surface area contributed by atoms with E-state index in [1.165, 1.54) is 0 Å². The van der Waals surface area contributed by atoms with Gasteiger partial charge in [-0.25, -0.2) is 0 Å². The molecule has 0 aromatic rings. The van der Waals surface area contributed by atoms with Gasteiger partial charge in [0.2, 0.25) is 0 Å². The van der Waals surface area contributed by atoms with E-state index in [9.17, 15) is 4.79 Å². The lowest BCUT2D eigenvalue weighted by molar-refractivity contribution is 0.175. The monoisotopic (exact) mass is 243 g/mol. The van der Waals surface area contributed by atoms with Gasteiger partial charge in [0.15, 0.2) is 0 Å². The van der Waals surface area contributed by atoms with Crippen molar-refractivity contribution in [1.82, 2.24) is 5.32 Å². The van der Waals surface area contributed by atoms with E-state index in [0.717, 1.165) is 0 Å². The highest BCUT2D eigenvalue weighted by Crippen LogP contribution is 1.88. The SMILES string of the molecule is COCC(C)NC(=O)I. The fourth-order valence-electron chi connectivity index (χ4n) is 0.485. The van der Waals surface area contributed by atoms with Crippen molar-refractivity contribution in [2.45, 2.75) is 13.0 Å². The summed E-state index contributed by atoms with van der Waals surface area (Å²) in [4.78, 5) is 10.3. The van der Waals surface area contributed by atoms with E-state index in [4.69, 9.17) is 4.74 Å².